The van der Waals surface area contributed by atoms with E-state index in [0.29, 0.717) is 0 Å². The van der Waals surface area contributed by atoms with Gasteiger partial charge in [0.05, 0.1) is 24.1 Å². The van der Waals surface area contributed by atoms with E-state index in [4.69, 9.17) is 0 Å². The number of carbonyl (C=O) groups is 1. The van der Waals surface area contributed by atoms with E-state index in [-0.39, 0.29) is 12.4 Å². The van der Waals surface area contributed by atoms with Crippen LogP contribution in [0.4, 0.5) is 0 Å². The number of nitrogens with zero attached hydrogens (tertiary/aromatic N) is 1. The van der Waals surface area contributed by atoms with E-state index in [2.05, 4.69) is 25.7 Å². The predicted octanol–water partition coefficient (Wildman–Crippen LogP) is 3.35. The first-order valence-corrected chi connectivity index (χ1v) is 7.00. The first kappa shape index (κ1) is 11.8. The van der Waals surface area contributed by atoms with Gasteiger partial charge < -0.3 is 4.74 Å². The predicted molar refractivity (Wildman–Crippen MR) is 68.8 cm³/mol. The monoisotopic (exact) mass is 317 g/mol. The summed E-state index contributed by atoms with van der Waals surface area (Å²) in [6, 6.07) is 2.02. The lowest BCUT2D eigenvalue weighted by molar-refractivity contribution is -0.139. The summed E-state index contributed by atoms with van der Waals surface area (Å²) >= 11 is 6.57. The number of thiophene rings is 1. The molecule has 0 N–H and O–H groups in total. The second-order valence-electron chi connectivity index (χ2n) is 3.03. The fraction of sp³-hybridized carbons (Fsp3) is 0.200. The number of hydrogen-bond donors (Lipinski definition) is 0. The van der Waals surface area contributed by atoms with Crippen molar-refractivity contribution < 1.29 is 9.53 Å². The van der Waals surface area contributed by atoms with Gasteiger partial charge in [-0.15, -0.1) is 22.7 Å². The molecule has 0 unspecified atom stereocenters. The number of aromatic nitrogens is 1. The minimum atomic E-state index is -0.260. The fourth-order valence-corrected chi connectivity index (χ4v) is 3.47. The first-order valence-electron chi connectivity index (χ1n) is 4.44. The van der Waals surface area contributed by atoms with Crippen LogP contribution in [-0.2, 0) is 16.0 Å². The summed E-state index contributed by atoms with van der Waals surface area (Å²) in [6.07, 6.45) is 0.236. The van der Waals surface area contributed by atoms with Crippen molar-refractivity contribution in [2.75, 3.05) is 7.11 Å². The Labute approximate surface area is 109 Å². The first-order chi connectivity index (χ1) is 7.69. The van der Waals surface area contributed by atoms with Crippen LogP contribution in [0.3, 0.4) is 0 Å². The summed E-state index contributed by atoms with van der Waals surface area (Å²) in [5.74, 6) is -0.260. The Morgan fingerprint density at radius 3 is 2.94 bits per heavy atom. The molecule has 6 heteroatoms. The number of carbonyl (C=O) groups excluding carboxylic acids is 1. The van der Waals surface area contributed by atoms with Crippen LogP contribution in [0.25, 0.3) is 9.88 Å². The Bertz CT molecular complexity index is 506. The molecule has 16 heavy (non-hydrogen) atoms. The molecular weight excluding hydrogens is 310 g/mol. The molecule has 2 rings (SSSR count). The molecule has 2 heterocycles. The van der Waals surface area contributed by atoms with Crippen LogP contribution in [0.15, 0.2) is 21.3 Å². The highest BCUT2D eigenvalue weighted by atomic mass is 79.9. The van der Waals surface area contributed by atoms with Crippen molar-refractivity contribution in [2.24, 2.45) is 0 Å². The van der Waals surface area contributed by atoms with Crippen LogP contribution < -0.4 is 0 Å². The van der Waals surface area contributed by atoms with Crippen LogP contribution >= 0.6 is 38.6 Å². The molecule has 0 fully saturated rings. The van der Waals surface area contributed by atoms with E-state index < -0.39 is 0 Å². The molecule has 0 bridgehead atoms. The summed E-state index contributed by atoms with van der Waals surface area (Å²) in [6.45, 7) is 0. The van der Waals surface area contributed by atoms with Gasteiger partial charge in [-0.3, -0.25) is 4.79 Å². The SMILES string of the molecule is COC(=O)Cc1csc(-c2cc(Br)cs2)n1. The molecule has 2 aromatic heterocycles. The van der Waals surface area contributed by atoms with E-state index >= 15 is 0 Å². The number of methoxy groups -OCH3 is 1. The van der Waals surface area contributed by atoms with Crippen molar-refractivity contribution in [3.63, 3.8) is 0 Å². The molecule has 0 aliphatic rings. The molecule has 0 saturated heterocycles. The van der Waals surface area contributed by atoms with Gasteiger partial charge in [-0.05, 0) is 22.0 Å². The number of esters is 1. The third-order valence-corrected chi connectivity index (χ3v) is 4.63. The molecule has 0 amide bonds. The third-order valence-electron chi connectivity index (χ3n) is 1.88. The molecule has 0 radical (unpaired) electrons. The highest BCUT2D eigenvalue weighted by molar-refractivity contribution is 9.10. The summed E-state index contributed by atoms with van der Waals surface area (Å²) < 4.78 is 5.65. The van der Waals surface area contributed by atoms with Crippen LogP contribution in [0.1, 0.15) is 5.69 Å². The second-order valence-corrected chi connectivity index (χ2v) is 5.71. The zero-order chi connectivity index (χ0) is 11.5. The van der Waals surface area contributed by atoms with E-state index in [1.54, 1.807) is 11.3 Å². The van der Waals surface area contributed by atoms with Crippen LogP contribution in [0.2, 0.25) is 0 Å². The van der Waals surface area contributed by atoms with Crippen molar-refractivity contribution in [1.82, 2.24) is 4.98 Å². The highest BCUT2D eigenvalue weighted by Crippen LogP contribution is 2.31. The number of thiazole rings is 1. The molecule has 2 aromatic rings. The van der Waals surface area contributed by atoms with Crippen LogP contribution in [0.5, 0.6) is 0 Å². The third kappa shape index (κ3) is 2.69. The van der Waals surface area contributed by atoms with Gasteiger partial charge in [0.2, 0.25) is 0 Å². The lowest BCUT2D eigenvalue weighted by atomic mass is 10.3. The maximum absolute atomic E-state index is 11.1. The molecule has 0 saturated carbocycles. The van der Waals surface area contributed by atoms with Crippen LogP contribution in [0, 0.1) is 0 Å². The van der Waals surface area contributed by atoms with Crippen molar-refractivity contribution in [3.8, 4) is 9.88 Å². The second kappa shape index (κ2) is 5.07. The number of ether oxygens (including phenoxy) is 1. The minimum absolute atomic E-state index is 0.236. The minimum Gasteiger partial charge on any atom is -0.469 e. The summed E-state index contributed by atoms with van der Waals surface area (Å²) in [5.41, 5.74) is 0.761. The van der Waals surface area contributed by atoms with E-state index in [1.807, 2.05) is 16.8 Å². The Hall–Kier alpha value is -0.720. The summed E-state index contributed by atoms with van der Waals surface area (Å²) in [4.78, 5) is 16.6. The van der Waals surface area contributed by atoms with Crippen molar-refractivity contribution >= 4 is 44.6 Å². The summed E-state index contributed by atoms with van der Waals surface area (Å²) in [7, 11) is 1.38. The van der Waals surface area contributed by atoms with E-state index in [9.17, 15) is 4.79 Å². The number of rotatable bonds is 3. The Kier molecular flexibility index (Phi) is 3.73. The van der Waals surface area contributed by atoms with Gasteiger partial charge in [-0.1, -0.05) is 0 Å². The van der Waals surface area contributed by atoms with E-state index in [1.165, 1.54) is 18.4 Å². The van der Waals surface area contributed by atoms with Crippen molar-refractivity contribution in [2.45, 2.75) is 6.42 Å². The topological polar surface area (TPSA) is 39.2 Å². The van der Waals surface area contributed by atoms with Crippen LogP contribution in [-0.4, -0.2) is 18.1 Å². The molecule has 3 nitrogen and oxygen atoms in total. The highest BCUT2D eigenvalue weighted by Gasteiger charge is 2.10. The smallest absolute Gasteiger partial charge is 0.311 e. The zero-order valence-corrected chi connectivity index (χ0v) is 11.6. The Balaban J connectivity index is 2.16. The lowest BCUT2D eigenvalue weighted by Gasteiger charge is -1.93. The van der Waals surface area contributed by atoms with Gasteiger partial charge in [0.25, 0.3) is 0 Å². The Morgan fingerprint density at radius 2 is 2.31 bits per heavy atom. The van der Waals surface area contributed by atoms with Gasteiger partial charge in [0, 0.05) is 15.2 Å². The normalized spacial score (nSPS) is 10.4. The van der Waals surface area contributed by atoms with Crippen molar-refractivity contribution in [3.05, 3.63) is 27.0 Å². The van der Waals surface area contributed by atoms with Gasteiger partial charge in [0.1, 0.15) is 5.01 Å². The van der Waals surface area contributed by atoms with E-state index in [0.717, 1.165) is 20.1 Å². The van der Waals surface area contributed by atoms with Gasteiger partial charge in [-0.25, -0.2) is 4.98 Å². The number of hydrogen-bond acceptors (Lipinski definition) is 5. The molecule has 0 aromatic carbocycles. The maximum Gasteiger partial charge on any atom is 0.311 e. The molecule has 0 aliphatic heterocycles. The standard InChI is InChI=1S/C10H8BrNO2S2/c1-14-9(13)3-7-5-16-10(12-7)8-2-6(11)4-15-8/h2,4-5H,3H2,1H3. The Morgan fingerprint density at radius 1 is 1.50 bits per heavy atom. The average molecular weight is 318 g/mol. The molecule has 84 valence electrons. The summed E-state index contributed by atoms with van der Waals surface area (Å²) in [5, 5.41) is 4.84. The molecular formula is C10H8BrNO2S2. The van der Waals surface area contributed by atoms with Crippen molar-refractivity contribution in [1.29, 1.82) is 0 Å². The van der Waals surface area contributed by atoms with Gasteiger partial charge >= 0.3 is 5.97 Å². The fourth-order valence-electron chi connectivity index (χ4n) is 1.15. The molecule has 0 aliphatic carbocycles. The maximum atomic E-state index is 11.1. The molecule has 0 atom stereocenters. The largest absolute Gasteiger partial charge is 0.469 e. The molecule has 0 spiro atoms. The average Bonchev–Trinajstić information content (AvgIpc) is 2.87. The zero-order valence-electron chi connectivity index (χ0n) is 8.40. The lowest BCUT2D eigenvalue weighted by Crippen LogP contribution is -2.04. The number of halogens is 1. The van der Waals surface area contributed by atoms with Gasteiger partial charge in [-0.2, -0.15) is 0 Å². The quantitative estimate of drug-likeness (QED) is 0.815. The van der Waals surface area contributed by atoms with Gasteiger partial charge in [0.15, 0.2) is 0 Å².